The van der Waals surface area contributed by atoms with Crippen LogP contribution in [0.3, 0.4) is 0 Å². The zero-order valence-corrected chi connectivity index (χ0v) is 13.9. The fourth-order valence-corrected chi connectivity index (χ4v) is 3.26. The quantitative estimate of drug-likeness (QED) is 0.580. The first kappa shape index (κ1) is 17.6. The highest BCUT2D eigenvalue weighted by molar-refractivity contribution is 7.99. The fraction of sp³-hybridized carbons (Fsp3) is 0.533. The molecule has 1 aliphatic rings. The van der Waals surface area contributed by atoms with Gasteiger partial charge in [-0.2, -0.15) is 0 Å². The molecule has 7 nitrogen and oxygen atoms in total. The van der Waals surface area contributed by atoms with E-state index in [9.17, 15) is 14.9 Å². The molecule has 1 heterocycles. The van der Waals surface area contributed by atoms with Crippen molar-refractivity contribution in [3.8, 4) is 5.75 Å². The van der Waals surface area contributed by atoms with E-state index in [-0.39, 0.29) is 23.4 Å². The summed E-state index contributed by atoms with van der Waals surface area (Å²) in [6, 6.07) is 5.07. The SMILES string of the molecule is COc1ccc(CSCC(=O)NC2CCCNC2)cc1[N+](=O)[O-]. The lowest BCUT2D eigenvalue weighted by molar-refractivity contribution is -0.385. The second-order valence-electron chi connectivity index (χ2n) is 5.37. The average Bonchev–Trinajstić information content (AvgIpc) is 2.55. The lowest BCUT2D eigenvalue weighted by atomic mass is 10.1. The number of nitro benzene ring substituents is 1. The van der Waals surface area contributed by atoms with Crippen LogP contribution in [-0.2, 0) is 10.5 Å². The Hall–Kier alpha value is -1.80. The molecule has 126 valence electrons. The predicted molar refractivity (Wildman–Crippen MR) is 89.8 cm³/mol. The van der Waals surface area contributed by atoms with Crippen molar-refractivity contribution >= 4 is 23.4 Å². The number of carbonyl (C=O) groups excluding carboxylic acids is 1. The van der Waals surface area contributed by atoms with E-state index in [2.05, 4.69) is 10.6 Å². The van der Waals surface area contributed by atoms with Gasteiger partial charge in [0.05, 0.1) is 17.8 Å². The molecule has 0 aliphatic carbocycles. The number of benzene rings is 1. The van der Waals surface area contributed by atoms with Crippen LogP contribution in [0.2, 0.25) is 0 Å². The van der Waals surface area contributed by atoms with Gasteiger partial charge in [0.1, 0.15) is 0 Å². The number of nitrogens with zero attached hydrogens (tertiary/aromatic N) is 1. The molecule has 2 N–H and O–H groups in total. The third kappa shape index (κ3) is 5.40. The first-order valence-electron chi connectivity index (χ1n) is 7.49. The van der Waals surface area contributed by atoms with Crippen molar-refractivity contribution in [2.24, 2.45) is 0 Å². The molecule has 1 atom stereocenters. The molecule has 8 heteroatoms. The summed E-state index contributed by atoms with van der Waals surface area (Å²) in [7, 11) is 1.40. The van der Waals surface area contributed by atoms with Crippen LogP contribution in [0.5, 0.6) is 5.75 Å². The molecule has 1 amide bonds. The van der Waals surface area contributed by atoms with Gasteiger partial charge in [-0.25, -0.2) is 0 Å². The smallest absolute Gasteiger partial charge is 0.311 e. The average molecular weight is 339 g/mol. The number of piperidine rings is 1. The van der Waals surface area contributed by atoms with Gasteiger partial charge >= 0.3 is 5.69 Å². The number of hydrogen-bond donors (Lipinski definition) is 2. The molecule has 0 aromatic heterocycles. The molecule has 23 heavy (non-hydrogen) atoms. The second kappa shape index (κ2) is 8.73. The molecular weight excluding hydrogens is 318 g/mol. The highest BCUT2D eigenvalue weighted by Gasteiger charge is 2.17. The van der Waals surface area contributed by atoms with Gasteiger partial charge in [-0.15, -0.1) is 11.8 Å². The summed E-state index contributed by atoms with van der Waals surface area (Å²) in [5.74, 6) is 1.13. The maximum Gasteiger partial charge on any atom is 0.311 e. The van der Waals surface area contributed by atoms with Crippen molar-refractivity contribution in [3.63, 3.8) is 0 Å². The Morgan fingerprint density at radius 1 is 1.57 bits per heavy atom. The number of amides is 1. The standard InChI is InChI=1S/C15H21N3O4S/c1-22-14-5-4-11(7-13(14)18(20)21)9-23-10-15(19)17-12-3-2-6-16-8-12/h4-5,7,12,16H,2-3,6,8-10H2,1H3,(H,17,19). The van der Waals surface area contributed by atoms with Crippen LogP contribution in [-0.4, -0.2) is 42.8 Å². The Labute approximate surface area is 139 Å². The van der Waals surface area contributed by atoms with Crippen LogP contribution in [0.4, 0.5) is 5.69 Å². The summed E-state index contributed by atoms with van der Waals surface area (Å²) in [4.78, 5) is 22.4. The van der Waals surface area contributed by atoms with E-state index < -0.39 is 4.92 Å². The van der Waals surface area contributed by atoms with Gasteiger partial charge in [0.2, 0.25) is 5.91 Å². The molecule has 1 aliphatic heterocycles. The number of methoxy groups -OCH3 is 1. The van der Waals surface area contributed by atoms with E-state index in [1.807, 2.05) is 0 Å². The largest absolute Gasteiger partial charge is 0.490 e. The van der Waals surface area contributed by atoms with Crippen LogP contribution in [0.1, 0.15) is 18.4 Å². The zero-order chi connectivity index (χ0) is 16.7. The summed E-state index contributed by atoms with van der Waals surface area (Å²) >= 11 is 1.44. The van der Waals surface area contributed by atoms with Gasteiger partial charge in [-0.3, -0.25) is 14.9 Å². The summed E-state index contributed by atoms with van der Waals surface area (Å²) in [6.45, 7) is 1.83. The van der Waals surface area contributed by atoms with Crippen molar-refractivity contribution in [2.45, 2.75) is 24.6 Å². The van der Waals surface area contributed by atoms with Gasteiger partial charge in [0.25, 0.3) is 0 Å². The topological polar surface area (TPSA) is 93.5 Å². The van der Waals surface area contributed by atoms with Gasteiger partial charge in [-0.1, -0.05) is 6.07 Å². The van der Waals surface area contributed by atoms with Crippen molar-refractivity contribution in [3.05, 3.63) is 33.9 Å². The highest BCUT2D eigenvalue weighted by atomic mass is 32.2. The maximum atomic E-state index is 11.9. The van der Waals surface area contributed by atoms with Crippen LogP contribution >= 0.6 is 11.8 Å². The molecule has 1 fully saturated rings. The van der Waals surface area contributed by atoms with Crippen LogP contribution in [0.15, 0.2) is 18.2 Å². The van der Waals surface area contributed by atoms with Gasteiger partial charge in [-0.05, 0) is 31.0 Å². The van der Waals surface area contributed by atoms with E-state index in [0.29, 0.717) is 11.5 Å². The second-order valence-corrected chi connectivity index (χ2v) is 6.35. The zero-order valence-electron chi connectivity index (χ0n) is 13.0. The summed E-state index contributed by atoms with van der Waals surface area (Å²) in [6.07, 6.45) is 2.09. The number of hydrogen-bond acceptors (Lipinski definition) is 6. The van der Waals surface area contributed by atoms with Crippen molar-refractivity contribution < 1.29 is 14.5 Å². The molecule has 0 bridgehead atoms. The van der Waals surface area contributed by atoms with Crippen molar-refractivity contribution in [1.82, 2.24) is 10.6 Å². The number of nitrogens with one attached hydrogen (secondary N) is 2. The van der Waals surface area contributed by atoms with E-state index >= 15 is 0 Å². The van der Waals surface area contributed by atoms with E-state index in [0.717, 1.165) is 31.5 Å². The van der Waals surface area contributed by atoms with Crippen LogP contribution in [0.25, 0.3) is 0 Å². The lowest BCUT2D eigenvalue weighted by Gasteiger charge is -2.23. The van der Waals surface area contributed by atoms with Crippen LogP contribution < -0.4 is 15.4 Å². The molecular formula is C15H21N3O4S. The minimum Gasteiger partial charge on any atom is -0.490 e. The Balaban J connectivity index is 1.80. The summed E-state index contributed by atoms with van der Waals surface area (Å²) in [5, 5.41) is 17.2. The van der Waals surface area contributed by atoms with Gasteiger partial charge in [0, 0.05) is 24.4 Å². The van der Waals surface area contributed by atoms with Gasteiger partial charge in [0.15, 0.2) is 5.75 Å². The highest BCUT2D eigenvalue weighted by Crippen LogP contribution is 2.28. The van der Waals surface area contributed by atoms with Gasteiger partial charge < -0.3 is 15.4 Å². The monoisotopic (exact) mass is 339 g/mol. The van der Waals surface area contributed by atoms with Crippen molar-refractivity contribution in [2.75, 3.05) is 26.0 Å². The lowest BCUT2D eigenvalue weighted by Crippen LogP contribution is -2.46. The van der Waals surface area contributed by atoms with E-state index in [1.165, 1.54) is 24.9 Å². The number of nitro groups is 1. The normalized spacial score (nSPS) is 17.5. The molecule has 1 unspecified atom stereocenters. The maximum absolute atomic E-state index is 11.9. The van der Waals surface area contributed by atoms with E-state index in [1.54, 1.807) is 12.1 Å². The van der Waals surface area contributed by atoms with Crippen LogP contribution in [0, 0.1) is 10.1 Å². The summed E-state index contributed by atoms with van der Waals surface area (Å²) < 4.78 is 4.97. The molecule has 0 radical (unpaired) electrons. The number of rotatable bonds is 7. The van der Waals surface area contributed by atoms with Crippen molar-refractivity contribution in [1.29, 1.82) is 0 Å². The fourth-order valence-electron chi connectivity index (χ4n) is 2.47. The minimum atomic E-state index is -0.463. The molecule has 1 aromatic rings. The third-order valence-electron chi connectivity index (χ3n) is 3.60. The molecule has 1 saturated heterocycles. The summed E-state index contributed by atoms with van der Waals surface area (Å²) in [5.41, 5.74) is 0.748. The molecule has 0 spiro atoms. The third-order valence-corrected chi connectivity index (χ3v) is 4.61. The molecule has 1 aromatic carbocycles. The number of carbonyl (C=O) groups is 1. The Kier molecular flexibility index (Phi) is 6.66. The van der Waals surface area contributed by atoms with E-state index in [4.69, 9.17) is 4.74 Å². The number of ether oxygens (including phenoxy) is 1. The molecule has 0 saturated carbocycles. The predicted octanol–water partition coefficient (Wildman–Crippen LogP) is 1.70. The Morgan fingerprint density at radius 3 is 3.04 bits per heavy atom. The minimum absolute atomic E-state index is 0.00621. The Morgan fingerprint density at radius 2 is 2.39 bits per heavy atom. The number of thioether (sulfide) groups is 1. The first-order valence-corrected chi connectivity index (χ1v) is 8.64. The Bertz CT molecular complexity index is 562. The molecule has 2 rings (SSSR count). The first-order chi connectivity index (χ1) is 11.1.